The molecule has 1 aliphatic carbocycles. The van der Waals surface area contributed by atoms with Gasteiger partial charge in [0.25, 0.3) is 0 Å². The minimum atomic E-state index is 0.487. The Bertz CT molecular complexity index is 481. The maximum absolute atomic E-state index is 4.58. The first-order chi connectivity index (χ1) is 10.6. The lowest BCUT2D eigenvalue weighted by Gasteiger charge is -2.28. The zero-order valence-corrected chi connectivity index (χ0v) is 15.3. The summed E-state index contributed by atoms with van der Waals surface area (Å²) in [5.74, 6) is 0.921. The Morgan fingerprint density at radius 3 is 2.55 bits per heavy atom. The number of aryl methyl sites for hydroxylation is 2. The first kappa shape index (κ1) is 17.3. The number of hydrogen-bond acceptors (Lipinski definition) is 3. The van der Waals surface area contributed by atoms with Crippen molar-refractivity contribution in [3.63, 3.8) is 0 Å². The van der Waals surface area contributed by atoms with Crippen molar-refractivity contribution in [2.24, 2.45) is 10.4 Å². The van der Waals surface area contributed by atoms with E-state index in [2.05, 4.69) is 41.4 Å². The largest absolute Gasteiger partial charge is 0.356 e. The fourth-order valence-electron chi connectivity index (χ4n) is 3.21. The third kappa shape index (κ3) is 4.45. The Morgan fingerprint density at radius 2 is 2.00 bits per heavy atom. The van der Waals surface area contributed by atoms with Crippen LogP contribution in [0.25, 0.3) is 0 Å². The van der Waals surface area contributed by atoms with Gasteiger partial charge in [0.2, 0.25) is 0 Å². The van der Waals surface area contributed by atoms with E-state index in [-0.39, 0.29) is 0 Å². The van der Waals surface area contributed by atoms with Crippen LogP contribution in [0.5, 0.6) is 0 Å². The van der Waals surface area contributed by atoms with Crippen LogP contribution in [0.4, 0.5) is 0 Å². The number of rotatable bonds is 6. The van der Waals surface area contributed by atoms with Crippen LogP contribution in [-0.4, -0.2) is 31.1 Å². The summed E-state index contributed by atoms with van der Waals surface area (Å²) in [5.41, 5.74) is 1.65. The van der Waals surface area contributed by atoms with Gasteiger partial charge >= 0.3 is 0 Å². The molecule has 22 heavy (non-hydrogen) atoms. The van der Waals surface area contributed by atoms with E-state index in [0.29, 0.717) is 5.41 Å². The summed E-state index contributed by atoms with van der Waals surface area (Å²) >= 11 is 1.80. The molecule has 0 unspecified atom stereocenters. The number of aliphatic imine (C=N–C) groups is 1. The molecule has 1 aromatic rings. The molecular formula is C17H30N4S. The zero-order chi connectivity index (χ0) is 16.0. The van der Waals surface area contributed by atoms with Gasteiger partial charge in [-0.25, -0.2) is 4.98 Å². The third-order valence-electron chi connectivity index (χ3n) is 4.97. The van der Waals surface area contributed by atoms with Gasteiger partial charge in [-0.3, -0.25) is 4.99 Å². The second kappa shape index (κ2) is 7.95. The highest BCUT2D eigenvalue weighted by molar-refractivity contribution is 7.11. The summed E-state index contributed by atoms with van der Waals surface area (Å²) < 4.78 is 0. The molecule has 0 amide bonds. The molecule has 2 N–H and O–H groups in total. The summed E-state index contributed by atoms with van der Waals surface area (Å²) in [6.07, 6.45) is 7.68. The average molecular weight is 323 g/mol. The van der Waals surface area contributed by atoms with Crippen molar-refractivity contribution in [1.29, 1.82) is 0 Å². The third-order valence-corrected chi connectivity index (χ3v) is 6.11. The predicted molar refractivity (Wildman–Crippen MR) is 95.8 cm³/mol. The van der Waals surface area contributed by atoms with E-state index in [9.17, 15) is 0 Å². The highest BCUT2D eigenvalue weighted by atomic mass is 32.1. The maximum atomic E-state index is 4.58. The molecule has 0 atom stereocenters. The number of guanidine groups is 1. The van der Waals surface area contributed by atoms with Gasteiger partial charge in [0, 0.05) is 31.4 Å². The summed E-state index contributed by atoms with van der Waals surface area (Å²) in [7, 11) is 1.85. The average Bonchev–Trinajstić information content (AvgIpc) is 3.11. The van der Waals surface area contributed by atoms with Crippen LogP contribution in [-0.2, 0) is 6.42 Å². The molecule has 0 saturated heterocycles. The number of thiazole rings is 1. The fraction of sp³-hybridized carbons (Fsp3) is 0.765. The van der Waals surface area contributed by atoms with E-state index in [4.69, 9.17) is 0 Å². The first-order valence-corrected chi connectivity index (χ1v) is 9.27. The van der Waals surface area contributed by atoms with E-state index >= 15 is 0 Å². The highest BCUT2D eigenvalue weighted by Crippen LogP contribution is 2.40. The van der Waals surface area contributed by atoms with E-state index < -0.39 is 0 Å². The minimum Gasteiger partial charge on any atom is -0.356 e. The molecular weight excluding hydrogens is 292 g/mol. The lowest BCUT2D eigenvalue weighted by Crippen LogP contribution is -2.43. The molecule has 0 aromatic carbocycles. The number of nitrogens with one attached hydrogen (secondary N) is 2. The summed E-state index contributed by atoms with van der Waals surface area (Å²) in [6.45, 7) is 8.45. The van der Waals surface area contributed by atoms with Crippen LogP contribution in [0.3, 0.4) is 0 Å². The van der Waals surface area contributed by atoms with Crippen molar-refractivity contribution in [1.82, 2.24) is 15.6 Å². The van der Waals surface area contributed by atoms with Crippen LogP contribution >= 0.6 is 11.3 Å². The van der Waals surface area contributed by atoms with Crippen molar-refractivity contribution in [2.75, 3.05) is 20.1 Å². The lowest BCUT2D eigenvalue weighted by molar-refractivity contribution is 0.283. The zero-order valence-electron chi connectivity index (χ0n) is 14.5. The van der Waals surface area contributed by atoms with Crippen LogP contribution in [0, 0.1) is 19.3 Å². The highest BCUT2D eigenvalue weighted by Gasteiger charge is 2.31. The van der Waals surface area contributed by atoms with Crippen LogP contribution in [0.2, 0.25) is 0 Å². The lowest BCUT2D eigenvalue weighted by atomic mass is 9.83. The molecule has 1 fully saturated rings. The molecule has 5 heteroatoms. The van der Waals surface area contributed by atoms with Crippen molar-refractivity contribution in [3.05, 3.63) is 15.6 Å². The Kier molecular flexibility index (Phi) is 6.24. The molecule has 124 valence electrons. The summed E-state index contributed by atoms with van der Waals surface area (Å²) in [4.78, 5) is 10.3. The van der Waals surface area contributed by atoms with E-state index in [1.165, 1.54) is 42.0 Å². The molecule has 0 radical (unpaired) electrons. The molecule has 4 nitrogen and oxygen atoms in total. The van der Waals surface area contributed by atoms with Gasteiger partial charge in [-0.15, -0.1) is 11.3 Å². The van der Waals surface area contributed by atoms with Gasteiger partial charge in [-0.1, -0.05) is 19.8 Å². The van der Waals surface area contributed by atoms with Crippen molar-refractivity contribution >= 4 is 17.3 Å². The fourth-order valence-corrected chi connectivity index (χ4v) is 4.14. The molecule has 1 aliphatic rings. The van der Waals surface area contributed by atoms with Gasteiger partial charge in [0.05, 0.1) is 10.7 Å². The van der Waals surface area contributed by atoms with Crippen LogP contribution in [0.1, 0.15) is 54.6 Å². The smallest absolute Gasteiger partial charge is 0.191 e. The maximum Gasteiger partial charge on any atom is 0.191 e. The van der Waals surface area contributed by atoms with Gasteiger partial charge in [-0.2, -0.15) is 0 Å². The molecule has 1 heterocycles. The van der Waals surface area contributed by atoms with Crippen LogP contribution < -0.4 is 10.6 Å². The standard InChI is InChI=1S/C17H30N4S/c1-5-17(9-6-7-10-17)12-20-16(18-4)19-11-8-15-21-13(2)14(3)22-15/h5-12H2,1-4H3,(H2,18,19,20). The Labute approximate surface area is 138 Å². The van der Waals surface area contributed by atoms with Crippen molar-refractivity contribution in [2.45, 2.75) is 59.3 Å². The molecule has 2 rings (SSSR count). The minimum absolute atomic E-state index is 0.487. The van der Waals surface area contributed by atoms with E-state index in [1.807, 2.05) is 7.05 Å². The number of hydrogen-bond donors (Lipinski definition) is 2. The van der Waals surface area contributed by atoms with E-state index in [0.717, 1.165) is 31.2 Å². The number of aromatic nitrogens is 1. The SMILES string of the molecule is CCC1(CNC(=NC)NCCc2nc(C)c(C)s2)CCCC1. The Balaban J connectivity index is 1.75. The monoisotopic (exact) mass is 322 g/mol. The molecule has 1 saturated carbocycles. The normalized spacial score (nSPS) is 17.7. The van der Waals surface area contributed by atoms with Gasteiger partial charge < -0.3 is 10.6 Å². The van der Waals surface area contributed by atoms with E-state index in [1.54, 1.807) is 11.3 Å². The second-order valence-electron chi connectivity index (χ2n) is 6.41. The molecule has 1 aromatic heterocycles. The molecule has 0 spiro atoms. The second-order valence-corrected chi connectivity index (χ2v) is 7.70. The topological polar surface area (TPSA) is 49.3 Å². The van der Waals surface area contributed by atoms with Crippen molar-refractivity contribution in [3.8, 4) is 0 Å². The summed E-state index contributed by atoms with van der Waals surface area (Å²) in [5, 5.41) is 8.15. The molecule has 0 bridgehead atoms. The quantitative estimate of drug-likeness (QED) is 0.623. The van der Waals surface area contributed by atoms with Gasteiger partial charge in [0.1, 0.15) is 0 Å². The van der Waals surface area contributed by atoms with Gasteiger partial charge in [-0.05, 0) is 38.5 Å². The van der Waals surface area contributed by atoms with Crippen molar-refractivity contribution < 1.29 is 0 Å². The Morgan fingerprint density at radius 1 is 1.27 bits per heavy atom. The molecule has 0 aliphatic heterocycles. The summed E-state index contributed by atoms with van der Waals surface area (Å²) in [6, 6.07) is 0. The Hall–Kier alpha value is -1.10. The predicted octanol–water partition coefficient (Wildman–Crippen LogP) is 3.44. The van der Waals surface area contributed by atoms with Gasteiger partial charge in [0.15, 0.2) is 5.96 Å². The van der Waals surface area contributed by atoms with Crippen LogP contribution in [0.15, 0.2) is 4.99 Å². The number of nitrogens with zero attached hydrogens (tertiary/aromatic N) is 2. The first-order valence-electron chi connectivity index (χ1n) is 8.46.